The van der Waals surface area contributed by atoms with Crippen LogP contribution in [0.1, 0.15) is 86.9 Å². The molecule has 8 heteroatoms. The van der Waals surface area contributed by atoms with Crippen molar-refractivity contribution in [2.45, 2.75) is 78.4 Å². The van der Waals surface area contributed by atoms with Crippen molar-refractivity contribution in [1.29, 1.82) is 0 Å². The molecule has 0 heterocycles. The van der Waals surface area contributed by atoms with Gasteiger partial charge in [0.25, 0.3) is 0 Å². The van der Waals surface area contributed by atoms with Crippen LogP contribution in [0.2, 0.25) is 0 Å². The van der Waals surface area contributed by atoms with Crippen molar-refractivity contribution in [2.75, 3.05) is 6.61 Å². The van der Waals surface area contributed by atoms with E-state index in [0.29, 0.717) is 12.4 Å². The topological polar surface area (TPSA) is 88.1 Å². The Bertz CT molecular complexity index is 1320. The quantitative estimate of drug-likeness (QED) is 0.103. The molecule has 0 fully saturated rings. The van der Waals surface area contributed by atoms with Crippen molar-refractivity contribution in [3.8, 4) is 22.6 Å². The lowest BCUT2D eigenvalue weighted by molar-refractivity contribution is -0.146. The zero-order valence-electron chi connectivity index (χ0n) is 24.7. The van der Waals surface area contributed by atoms with E-state index in [1.54, 1.807) is 62.4 Å². The minimum Gasteiger partial charge on any atom is -0.459 e. The van der Waals surface area contributed by atoms with Gasteiger partial charge in [0.15, 0.2) is 6.10 Å². The third kappa shape index (κ3) is 9.80. The maximum absolute atomic E-state index is 14.7. The first-order valence-electron chi connectivity index (χ1n) is 14.5. The number of halogens is 1. The fourth-order valence-electron chi connectivity index (χ4n) is 4.13. The standard InChI is InChI=1S/C34H39FO7/c1-5-7-8-9-10-23(3)40-34(38)30-20-19-29(22-31(30)35)42-33(37)27-13-11-25(12-14-27)26-15-17-28(18-16-26)41-32(36)24(4)39-21-6-2/h11-20,22-24H,5-10,21H2,1-4H3/t23-,24-/m0/s1. The fraction of sp³-hybridized carbons (Fsp3) is 0.382. The molecule has 0 saturated carbocycles. The van der Waals surface area contributed by atoms with E-state index in [4.69, 9.17) is 18.9 Å². The molecule has 0 aliphatic heterocycles. The number of hydrogen-bond acceptors (Lipinski definition) is 7. The van der Waals surface area contributed by atoms with E-state index < -0.39 is 29.8 Å². The van der Waals surface area contributed by atoms with Crippen LogP contribution in [-0.2, 0) is 14.3 Å². The van der Waals surface area contributed by atoms with Crippen LogP contribution < -0.4 is 9.47 Å². The molecule has 3 aromatic rings. The summed E-state index contributed by atoms with van der Waals surface area (Å²) in [7, 11) is 0. The maximum atomic E-state index is 14.7. The molecule has 0 amide bonds. The van der Waals surface area contributed by atoms with Gasteiger partial charge in [0.05, 0.1) is 17.2 Å². The van der Waals surface area contributed by atoms with Gasteiger partial charge < -0.3 is 18.9 Å². The van der Waals surface area contributed by atoms with Gasteiger partial charge in [-0.15, -0.1) is 0 Å². The van der Waals surface area contributed by atoms with Gasteiger partial charge in [0.2, 0.25) is 0 Å². The van der Waals surface area contributed by atoms with E-state index in [2.05, 4.69) is 6.92 Å². The largest absolute Gasteiger partial charge is 0.459 e. The van der Waals surface area contributed by atoms with E-state index in [1.807, 2.05) is 6.92 Å². The molecule has 0 saturated heterocycles. The second-order valence-electron chi connectivity index (χ2n) is 10.1. The van der Waals surface area contributed by atoms with Crippen LogP contribution >= 0.6 is 0 Å². The molecule has 0 aliphatic rings. The fourth-order valence-corrected chi connectivity index (χ4v) is 4.13. The molecule has 42 heavy (non-hydrogen) atoms. The van der Waals surface area contributed by atoms with E-state index in [-0.39, 0.29) is 23.0 Å². The molecule has 0 unspecified atom stereocenters. The predicted molar refractivity (Wildman–Crippen MR) is 158 cm³/mol. The Kier molecular flexibility index (Phi) is 12.7. The Morgan fingerprint density at radius 2 is 1.38 bits per heavy atom. The third-order valence-electron chi connectivity index (χ3n) is 6.57. The summed E-state index contributed by atoms with van der Waals surface area (Å²) in [4.78, 5) is 37.2. The normalized spacial score (nSPS) is 12.3. The summed E-state index contributed by atoms with van der Waals surface area (Å²) in [5, 5.41) is 0. The van der Waals surface area contributed by atoms with Crippen LogP contribution in [0.15, 0.2) is 66.7 Å². The summed E-state index contributed by atoms with van der Waals surface area (Å²) in [5.41, 5.74) is 1.74. The second-order valence-corrected chi connectivity index (χ2v) is 10.1. The molecule has 0 spiro atoms. The van der Waals surface area contributed by atoms with E-state index in [1.165, 1.54) is 12.1 Å². The van der Waals surface area contributed by atoms with Crippen molar-refractivity contribution in [1.82, 2.24) is 0 Å². The molecule has 2 atom stereocenters. The highest BCUT2D eigenvalue weighted by molar-refractivity contribution is 5.92. The lowest BCUT2D eigenvalue weighted by Gasteiger charge is -2.14. The molecule has 0 bridgehead atoms. The molecule has 3 rings (SSSR count). The smallest absolute Gasteiger partial charge is 0.343 e. The minimum absolute atomic E-state index is 0.0229. The van der Waals surface area contributed by atoms with Crippen molar-refractivity contribution >= 4 is 17.9 Å². The van der Waals surface area contributed by atoms with Crippen LogP contribution in [-0.4, -0.2) is 36.7 Å². The van der Waals surface area contributed by atoms with Crippen molar-refractivity contribution in [3.63, 3.8) is 0 Å². The summed E-state index contributed by atoms with van der Waals surface area (Å²) in [6.45, 7) is 8.02. The van der Waals surface area contributed by atoms with E-state index in [0.717, 1.165) is 55.7 Å². The molecule has 0 radical (unpaired) electrons. The zero-order chi connectivity index (χ0) is 30.5. The van der Waals surface area contributed by atoms with Gasteiger partial charge in [0.1, 0.15) is 17.3 Å². The van der Waals surface area contributed by atoms with Gasteiger partial charge in [-0.25, -0.2) is 18.8 Å². The Labute approximate surface area is 246 Å². The highest BCUT2D eigenvalue weighted by Crippen LogP contribution is 2.25. The summed E-state index contributed by atoms with van der Waals surface area (Å²) in [6.07, 6.45) is 4.82. The molecule has 0 aromatic heterocycles. The summed E-state index contributed by atoms with van der Waals surface area (Å²) < 4.78 is 36.1. The van der Waals surface area contributed by atoms with Crippen LogP contribution in [0.4, 0.5) is 4.39 Å². The van der Waals surface area contributed by atoms with Gasteiger partial charge in [-0.3, -0.25) is 0 Å². The number of esters is 3. The lowest BCUT2D eigenvalue weighted by atomic mass is 10.0. The van der Waals surface area contributed by atoms with Crippen LogP contribution in [0, 0.1) is 5.82 Å². The first-order valence-corrected chi connectivity index (χ1v) is 14.5. The highest BCUT2D eigenvalue weighted by Gasteiger charge is 2.19. The van der Waals surface area contributed by atoms with E-state index in [9.17, 15) is 18.8 Å². The Balaban J connectivity index is 1.55. The number of rotatable bonds is 15. The van der Waals surface area contributed by atoms with Gasteiger partial charge in [-0.1, -0.05) is 57.4 Å². The molecule has 0 aliphatic carbocycles. The Morgan fingerprint density at radius 1 is 0.738 bits per heavy atom. The third-order valence-corrected chi connectivity index (χ3v) is 6.57. The second kappa shape index (κ2) is 16.4. The van der Waals surface area contributed by atoms with Crippen molar-refractivity contribution in [3.05, 3.63) is 83.7 Å². The number of hydrogen-bond donors (Lipinski definition) is 0. The zero-order valence-corrected chi connectivity index (χ0v) is 24.7. The van der Waals surface area contributed by atoms with E-state index >= 15 is 0 Å². The summed E-state index contributed by atoms with van der Waals surface area (Å²) >= 11 is 0. The number of carbonyl (C=O) groups excluding carboxylic acids is 3. The molecule has 0 N–H and O–H groups in total. The molecule has 3 aromatic carbocycles. The average Bonchev–Trinajstić information content (AvgIpc) is 2.98. The minimum atomic E-state index is -0.823. The molecule has 224 valence electrons. The van der Waals surface area contributed by atoms with Crippen molar-refractivity contribution in [2.24, 2.45) is 0 Å². The molecule has 7 nitrogen and oxygen atoms in total. The van der Waals surface area contributed by atoms with Gasteiger partial charge in [-0.05, 0) is 80.6 Å². The lowest BCUT2D eigenvalue weighted by Crippen LogP contribution is -2.26. The number of benzene rings is 3. The van der Waals surface area contributed by atoms with Crippen LogP contribution in [0.3, 0.4) is 0 Å². The maximum Gasteiger partial charge on any atom is 0.343 e. The molecular weight excluding hydrogens is 539 g/mol. The Morgan fingerprint density at radius 3 is 2.00 bits per heavy atom. The first-order chi connectivity index (χ1) is 20.2. The summed E-state index contributed by atoms with van der Waals surface area (Å²) in [5.74, 6) is -2.32. The van der Waals surface area contributed by atoms with Gasteiger partial charge >= 0.3 is 17.9 Å². The van der Waals surface area contributed by atoms with Gasteiger partial charge in [0, 0.05) is 12.7 Å². The summed E-state index contributed by atoms with van der Waals surface area (Å²) in [6, 6.07) is 17.3. The molecular formula is C34H39FO7. The predicted octanol–water partition coefficient (Wildman–Crippen LogP) is 7.95. The highest BCUT2D eigenvalue weighted by atomic mass is 19.1. The van der Waals surface area contributed by atoms with Crippen LogP contribution in [0.25, 0.3) is 11.1 Å². The van der Waals surface area contributed by atoms with Crippen molar-refractivity contribution < 1.29 is 37.7 Å². The number of ether oxygens (including phenoxy) is 4. The van der Waals surface area contributed by atoms with Gasteiger partial charge in [-0.2, -0.15) is 0 Å². The van der Waals surface area contributed by atoms with Crippen LogP contribution in [0.5, 0.6) is 11.5 Å². The Hall–Kier alpha value is -4.04. The SMILES string of the molecule is CCCCCC[C@H](C)OC(=O)c1ccc(OC(=O)c2ccc(-c3ccc(OC(=O)[C@H](C)OCCC)cc3)cc2)cc1F. The first kappa shape index (κ1) is 32.5. The average molecular weight is 579 g/mol. The number of carbonyl (C=O) groups is 3. The monoisotopic (exact) mass is 578 g/mol. The number of unbranched alkanes of at least 4 members (excludes halogenated alkanes) is 3.